The Hall–Kier alpha value is -1.09. The van der Waals surface area contributed by atoms with Gasteiger partial charge in [-0.25, -0.2) is 4.39 Å². The van der Waals surface area contributed by atoms with Gasteiger partial charge in [-0.05, 0) is 56.8 Å². The van der Waals surface area contributed by atoms with Crippen molar-refractivity contribution in [2.75, 3.05) is 7.05 Å². The lowest BCUT2D eigenvalue weighted by Crippen LogP contribution is -2.34. The van der Waals surface area contributed by atoms with Crippen molar-refractivity contribution in [3.05, 3.63) is 29.6 Å². The fourth-order valence-corrected chi connectivity index (χ4v) is 3.07. The number of phenols is 1. The van der Waals surface area contributed by atoms with Crippen LogP contribution in [0.1, 0.15) is 44.6 Å². The van der Waals surface area contributed by atoms with Crippen LogP contribution >= 0.6 is 0 Å². The van der Waals surface area contributed by atoms with Gasteiger partial charge >= 0.3 is 0 Å². The maximum Gasteiger partial charge on any atom is 0.123 e. The number of benzene rings is 1. The Balaban J connectivity index is 1.94. The second kappa shape index (κ2) is 6.38. The Morgan fingerprint density at radius 1 is 1.26 bits per heavy atom. The number of hydrogen-bond acceptors (Lipinski definition) is 2. The van der Waals surface area contributed by atoms with Gasteiger partial charge in [0, 0.05) is 18.2 Å². The number of rotatable bonds is 4. The highest BCUT2D eigenvalue weighted by molar-refractivity contribution is 5.32. The third-order valence-electron chi connectivity index (χ3n) is 4.48. The van der Waals surface area contributed by atoms with E-state index in [9.17, 15) is 9.50 Å². The van der Waals surface area contributed by atoms with Gasteiger partial charge in [0.05, 0.1) is 0 Å². The summed E-state index contributed by atoms with van der Waals surface area (Å²) in [4.78, 5) is 2.25. The van der Waals surface area contributed by atoms with E-state index >= 15 is 0 Å². The Labute approximate surface area is 115 Å². The number of nitrogens with zero attached hydrogens (tertiary/aromatic N) is 1. The number of aromatic hydroxyl groups is 1. The summed E-state index contributed by atoms with van der Waals surface area (Å²) in [5.41, 5.74) is 0.681. The van der Waals surface area contributed by atoms with E-state index < -0.39 is 0 Å². The smallest absolute Gasteiger partial charge is 0.123 e. The van der Waals surface area contributed by atoms with Crippen LogP contribution in [-0.2, 0) is 6.54 Å². The van der Waals surface area contributed by atoms with E-state index in [2.05, 4.69) is 18.9 Å². The number of hydrogen-bond donors (Lipinski definition) is 1. The van der Waals surface area contributed by atoms with Crippen LogP contribution in [0.15, 0.2) is 18.2 Å². The minimum atomic E-state index is -0.282. The topological polar surface area (TPSA) is 23.5 Å². The molecule has 1 aromatic rings. The predicted octanol–water partition coefficient (Wildman–Crippen LogP) is 3.93. The lowest BCUT2D eigenvalue weighted by atomic mass is 9.84. The molecule has 1 saturated carbocycles. The van der Waals surface area contributed by atoms with Crippen LogP contribution in [0, 0.1) is 11.7 Å². The molecule has 1 aliphatic carbocycles. The molecular weight excluding hydrogens is 241 g/mol. The summed E-state index contributed by atoms with van der Waals surface area (Å²) < 4.78 is 13.2. The quantitative estimate of drug-likeness (QED) is 0.891. The van der Waals surface area contributed by atoms with Crippen LogP contribution in [0.5, 0.6) is 5.75 Å². The van der Waals surface area contributed by atoms with E-state index in [1.807, 2.05) is 0 Å². The van der Waals surface area contributed by atoms with Crippen molar-refractivity contribution in [1.82, 2.24) is 4.90 Å². The van der Waals surface area contributed by atoms with E-state index in [0.717, 1.165) is 5.92 Å². The normalized spacial score (nSPS) is 23.8. The molecule has 0 aromatic heterocycles. The van der Waals surface area contributed by atoms with Gasteiger partial charge in [-0.15, -0.1) is 0 Å². The van der Waals surface area contributed by atoms with Gasteiger partial charge < -0.3 is 5.11 Å². The lowest BCUT2D eigenvalue weighted by Gasteiger charge is -2.34. The molecule has 0 aliphatic heterocycles. The van der Waals surface area contributed by atoms with Gasteiger partial charge in [0.25, 0.3) is 0 Å². The van der Waals surface area contributed by atoms with Crippen molar-refractivity contribution >= 4 is 0 Å². The van der Waals surface area contributed by atoms with E-state index in [1.54, 1.807) is 0 Å². The van der Waals surface area contributed by atoms with Gasteiger partial charge in [-0.1, -0.05) is 13.3 Å². The second-order valence-corrected chi connectivity index (χ2v) is 5.77. The van der Waals surface area contributed by atoms with Crippen molar-refractivity contribution in [3.63, 3.8) is 0 Å². The van der Waals surface area contributed by atoms with Crippen molar-refractivity contribution in [3.8, 4) is 5.75 Å². The largest absolute Gasteiger partial charge is 0.508 e. The molecule has 2 nitrogen and oxygen atoms in total. The van der Waals surface area contributed by atoms with Crippen LogP contribution < -0.4 is 0 Å². The molecule has 2 rings (SSSR count). The minimum absolute atomic E-state index is 0.190. The Kier molecular flexibility index (Phi) is 4.81. The van der Waals surface area contributed by atoms with Gasteiger partial charge in [-0.3, -0.25) is 4.90 Å². The molecule has 0 amide bonds. The fraction of sp³-hybridized carbons (Fsp3) is 0.625. The standard InChI is InChI=1S/C16H24FNO/c1-3-12-4-7-15(8-5-12)18(2)11-13-10-14(17)6-9-16(13)19/h6,9-10,12,15,19H,3-5,7-8,11H2,1-2H3. The number of phenolic OH excluding ortho intramolecular Hbond substituents is 1. The molecule has 19 heavy (non-hydrogen) atoms. The molecule has 0 saturated heterocycles. The van der Waals surface area contributed by atoms with Crippen LogP contribution in [0.2, 0.25) is 0 Å². The molecule has 0 bridgehead atoms. The average Bonchev–Trinajstić information content (AvgIpc) is 2.43. The molecule has 1 aliphatic rings. The first-order valence-corrected chi connectivity index (χ1v) is 7.27. The molecule has 0 atom stereocenters. The summed E-state index contributed by atoms with van der Waals surface area (Å²) in [7, 11) is 2.07. The maximum atomic E-state index is 13.2. The van der Waals surface area contributed by atoms with Crippen LogP contribution in [-0.4, -0.2) is 23.1 Å². The molecule has 0 spiro atoms. The van der Waals surface area contributed by atoms with E-state index in [4.69, 9.17) is 0 Å². The zero-order chi connectivity index (χ0) is 13.8. The highest BCUT2D eigenvalue weighted by Gasteiger charge is 2.23. The monoisotopic (exact) mass is 265 g/mol. The van der Waals surface area contributed by atoms with E-state index in [1.165, 1.54) is 50.3 Å². The van der Waals surface area contributed by atoms with Gasteiger partial charge in [-0.2, -0.15) is 0 Å². The molecule has 0 unspecified atom stereocenters. The summed E-state index contributed by atoms with van der Waals surface area (Å²) in [6.07, 6.45) is 6.29. The van der Waals surface area contributed by atoms with Gasteiger partial charge in [0.15, 0.2) is 0 Å². The first kappa shape index (κ1) is 14.3. The average molecular weight is 265 g/mol. The fourth-order valence-electron chi connectivity index (χ4n) is 3.07. The van der Waals surface area contributed by atoms with Gasteiger partial charge in [0.2, 0.25) is 0 Å². The first-order chi connectivity index (χ1) is 9.10. The molecule has 0 radical (unpaired) electrons. The third kappa shape index (κ3) is 3.69. The lowest BCUT2D eigenvalue weighted by molar-refractivity contribution is 0.156. The SMILES string of the molecule is CCC1CCC(N(C)Cc2cc(F)ccc2O)CC1. The molecule has 1 N–H and O–H groups in total. The molecule has 1 fully saturated rings. The second-order valence-electron chi connectivity index (χ2n) is 5.77. The van der Waals surface area contributed by atoms with Crippen molar-refractivity contribution in [2.45, 2.75) is 51.6 Å². The number of halogens is 1. The molecule has 0 heterocycles. The molecule has 106 valence electrons. The van der Waals surface area contributed by atoms with E-state index in [0.29, 0.717) is 18.2 Å². The zero-order valence-electron chi connectivity index (χ0n) is 11.9. The minimum Gasteiger partial charge on any atom is -0.508 e. The third-order valence-corrected chi connectivity index (χ3v) is 4.48. The van der Waals surface area contributed by atoms with E-state index in [-0.39, 0.29) is 11.6 Å². The molecule has 3 heteroatoms. The summed E-state index contributed by atoms with van der Waals surface area (Å²) >= 11 is 0. The van der Waals surface area contributed by atoms with Crippen LogP contribution in [0.3, 0.4) is 0 Å². The highest BCUT2D eigenvalue weighted by Crippen LogP contribution is 2.30. The summed E-state index contributed by atoms with van der Waals surface area (Å²) in [6, 6.07) is 4.73. The molecule has 1 aromatic carbocycles. The van der Waals surface area contributed by atoms with Crippen molar-refractivity contribution in [1.29, 1.82) is 0 Å². The van der Waals surface area contributed by atoms with Crippen molar-refractivity contribution < 1.29 is 9.50 Å². The summed E-state index contributed by atoms with van der Waals surface area (Å²) in [5.74, 6) is 0.790. The Bertz CT molecular complexity index is 413. The molecular formula is C16H24FNO. The highest BCUT2D eigenvalue weighted by atomic mass is 19.1. The summed E-state index contributed by atoms with van der Waals surface area (Å²) in [6.45, 7) is 2.88. The Morgan fingerprint density at radius 2 is 1.95 bits per heavy atom. The summed E-state index contributed by atoms with van der Waals surface area (Å²) in [5, 5.41) is 9.77. The van der Waals surface area contributed by atoms with Gasteiger partial charge in [0.1, 0.15) is 11.6 Å². The predicted molar refractivity (Wildman–Crippen MR) is 75.6 cm³/mol. The zero-order valence-corrected chi connectivity index (χ0v) is 11.9. The first-order valence-electron chi connectivity index (χ1n) is 7.27. The maximum absolute atomic E-state index is 13.2. The van der Waals surface area contributed by atoms with Crippen LogP contribution in [0.25, 0.3) is 0 Å². The Morgan fingerprint density at radius 3 is 2.58 bits per heavy atom. The van der Waals surface area contributed by atoms with Crippen LogP contribution in [0.4, 0.5) is 4.39 Å². The van der Waals surface area contributed by atoms with Crippen molar-refractivity contribution in [2.24, 2.45) is 5.92 Å².